The van der Waals surface area contributed by atoms with Gasteiger partial charge in [-0.25, -0.2) is 9.37 Å². The van der Waals surface area contributed by atoms with Crippen LogP contribution in [0.5, 0.6) is 5.75 Å². The van der Waals surface area contributed by atoms with Gasteiger partial charge in [0.05, 0.1) is 12.8 Å². The van der Waals surface area contributed by atoms with E-state index in [2.05, 4.69) is 26.2 Å². The third kappa shape index (κ3) is 3.29. The van der Waals surface area contributed by atoms with Crippen molar-refractivity contribution in [1.82, 2.24) is 4.98 Å². The summed E-state index contributed by atoms with van der Waals surface area (Å²) in [7, 11) is 1.47. The van der Waals surface area contributed by atoms with Gasteiger partial charge in [0, 0.05) is 6.07 Å². The first-order chi connectivity index (χ1) is 9.10. The number of rotatable bonds is 3. The number of methoxy groups -OCH3 is 1. The second-order valence-electron chi connectivity index (χ2n) is 3.65. The lowest BCUT2D eigenvalue weighted by molar-refractivity contribution is 0.102. The average Bonchev–Trinajstić information content (AvgIpc) is 2.41. The molecule has 1 amide bonds. The zero-order valence-electron chi connectivity index (χ0n) is 9.98. The topological polar surface area (TPSA) is 51.2 Å². The van der Waals surface area contributed by atoms with Gasteiger partial charge in [-0.05, 0) is 40.2 Å². The van der Waals surface area contributed by atoms with Crippen LogP contribution in [0.15, 0.2) is 41.0 Å². The fourth-order valence-electron chi connectivity index (χ4n) is 1.45. The largest absolute Gasteiger partial charge is 0.497 e. The van der Waals surface area contributed by atoms with Crippen LogP contribution < -0.4 is 10.1 Å². The minimum atomic E-state index is -0.538. The zero-order valence-corrected chi connectivity index (χ0v) is 11.6. The second-order valence-corrected chi connectivity index (χ2v) is 4.46. The van der Waals surface area contributed by atoms with E-state index in [4.69, 9.17) is 4.74 Å². The van der Waals surface area contributed by atoms with Gasteiger partial charge in [0.1, 0.15) is 21.9 Å². The highest BCUT2D eigenvalue weighted by atomic mass is 79.9. The van der Waals surface area contributed by atoms with Gasteiger partial charge in [-0.15, -0.1) is 0 Å². The molecule has 19 heavy (non-hydrogen) atoms. The SMILES string of the molecule is COc1ccc(F)c(NC(=O)c2cccc(Br)n2)c1. The summed E-state index contributed by atoms with van der Waals surface area (Å²) in [6, 6.07) is 9.02. The number of ether oxygens (including phenoxy) is 1. The van der Waals surface area contributed by atoms with Crippen LogP contribution in [0.4, 0.5) is 10.1 Å². The van der Waals surface area contributed by atoms with Crippen molar-refractivity contribution in [3.05, 3.63) is 52.5 Å². The number of amides is 1. The predicted octanol–water partition coefficient (Wildman–Crippen LogP) is 3.24. The third-order valence-electron chi connectivity index (χ3n) is 2.37. The summed E-state index contributed by atoms with van der Waals surface area (Å²) in [6.45, 7) is 0. The monoisotopic (exact) mass is 324 g/mol. The quantitative estimate of drug-likeness (QED) is 0.882. The number of benzene rings is 1. The summed E-state index contributed by atoms with van der Waals surface area (Å²) in [6.07, 6.45) is 0. The van der Waals surface area contributed by atoms with E-state index in [-0.39, 0.29) is 11.4 Å². The van der Waals surface area contributed by atoms with E-state index < -0.39 is 11.7 Å². The van der Waals surface area contributed by atoms with E-state index in [1.165, 1.54) is 31.4 Å². The van der Waals surface area contributed by atoms with Crippen molar-refractivity contribution in [2.45, 2.75) is 0 Å². The van der Waals surface area contributed by atoms with E-state index in [0.717, 1.165) is 0 Å². The van der Waals surface area contributed by atoms with Crippen molar-refractivity contribution >= 4 is 27.5 Å². The van der Waals surface area contributed by atoms with Gasteiger partial charge in [-0.3, -0.25) is 4.79 Å². The molecule has 0 atom stereocenters. The maximum atomic E-state index is 13.6. The molecule has 0 spiro atoms. The Hall–Kier alpha value is -1.95. The molecule has 0 aliphatic rings. The van der Waals surface area contributed by atoms with Gasteiger partial charge < -0.3 is 10.1 Å². The number of nitrogens with one attached hydrogen (secondary N) is 1. The minimum absolute atomic E-state index is 0.0473. The Morgan fingerprint density at radius 3 is 2.84 bits per heavy atom. The number of nitrogens with zero attached hydrogens (tertiary/aromatic N) is 1. The first kappa shape index (κ1) is 13.5. The van der Waals surface area contributed by atoms with Crippen molar-refractivity contribution in [3.8, 4) is 5.75 Å². The lowest BCUT2D eigenvalue weighted by Crippen LogP contribution is -2.14. The first-order valence-electron chi connectivity index (χ1n) is 5.37. The van der Waals surface area contributed by atoms with Gasteiger partial charge in [0.25, 0.3) is 5.91 Å². The Morgan fingerprint density at radius 2 is 2.16 bits per heavy atom. The standard InChI is InChI=1S/C13H10BrFN2O2/c1-19-8-5-6-9(15)11(7-8)17-13(18)10-3-2-4-12(14)16-10/h2-7H,1H3,(H,17,18). The van der Waals surface area contributed by atoms with Gasteiger partial charge in [-0.2, -0.15) is 0 Å². The molecule has 1 heterocycles. The molecule has 0 saturated heterocycles. The van der Waals surface area contributed by atoms with E-state index in [9.17, 15) is 9.18 Å². The Kier molecular flexibility index (Phi) is 4.11. The lowest BCUT2D eigenvalue weighted by Gasteiger charge is -2.08. The van der Waals surface area contributed by atoms with Crippen molar-refractivity contribution in [2.75, 3.05) is 12.4 Å². The molecular formula is C13H10BrFN2O2. The molecular weight excluding hydrogens is 315 g/mol. The molecule has 0 saturated carbocycles. The zero-order chi connectivity index (χ0) is 13.8. The Bertz CT molecular complexity index is 619. The fraction of sp³-hybridized carbons (Fsp3) is 0.0769. The molecule has 0 radical (unpaired) electrons. The summed E-state index contributed by atoms with van der Waals surface area (Å²) >= 11 is 3.17. The van der Waals surface area contributed by atoms with Crippen LogP contribution in [-0.2, 0) is 0 Å². The van der Waals surface area contributed by atoms with Gasteiger partial charge in [0.15, 0.2) is 0 Å². The van der Waals surface area contributed by atoms with E-state index in [1.807, 2.05) is 0 Å². The van der Waals surface area contributed by atoms with Crippen LogP contribution in [0.2, 0.25) is 0 Å². The Labute approximate surface area is 117 Å². The maximum Gasteiger partial charge on any atom is 0.274 e. The van der Waals surface area contributed by atoms with Crippen molar-refractivity contribution in [1.29, 1.82) is 0 Å². The molecule has 2 rings (SSSR count). The summed E-state index contributed by atoms with van der Waals surface area (Å²) in [5.41, 5.74) is 0.239. The highest BCUT2D eigenvalue weighted by Crippen LogP contribution is 2.21. The molecule has 0 aliphatic heterocycles. The lowest BCUT2D eigenvalue weighted by atomic mass is 10.2. The molecule has 6 heteroatoms. The van der Waals surface area contributed by atoms with Crippen LogP contribution in [0.3, 0.4) is 0 Å². The molecule has 0 aliphatic carbocycles. The van der Waals surface area contributed by atoms with Crippen molar-refractivity contribution < 1.29 is 13.9 Å². The van der Waals surface area contributed by atoms with Crippen molar-refractivity contribution in [2.24, 2.45) is 0 Å². The number of aromatic nitrogens is 1. The summed E-state index contributed by atoms with van der Waals surface area (Å²) in [5.74, 6) is -0.573. The first-order valence-corrected chi connectivity index (χ1v) is 6.17. The van der Waals surface area contributed by atoms with Crippen LogP contribution in [-0.4, -0.2) is 18.0 Å². The number of carbonyl (C=O) groups is 1. The number of hydrogen-bond donors (Lipinski definition) is 1. The molecule has 0 fully saturated rings. The molecule has 1 N–H and O–H groups in total. The molecule has 1 aromatic heterocycles. The maximum absolute atomic E-state index is 13.6. The van der Waals surface area contributed by atoms with Gasteiger partial charge >= 0.3 is 0 Å². The number of halogens is 2. The summed E-state index contributed by atoms with van der Waals surface area (Å²) in [5, 5.41) is 2.45. The van der Waals surface area contributed by atoms with Crippen LogP contribution >= 0.6 is 15.9 Å². The number of hydrogen-bond acceptors (Lipinski definition) is 3. The normalized spacial score (nSPS) is 10.1. The van der Waals surface area contributed by atoms with E-state index >= 15 is 0 Å². The van der Waals surface area contributed by atoms with E-state index in [0.29, 0.717) is 10.4 Å². The molecule has 0 bridgehead atoms. The molecule has 0 unspecified atom stereocenters. The highest BCUT2D eigenvalue weighted by Gasteiger charge is 2.11. The Morgan fingerprint density at radius 1 is 1.37 bits per heavy atom. The number of pyridine rings is 1. The summed E-state index contributed by atoms with van der Waals surface area (Å²) in [4.78, 5) is 15.9. The van der Waals surface area contributed by atoms with Gasteiger partial charge in [0.2, 0.25) is 0 Å². The highest BCUT2D eigenvalue weighted by molar-refractivity contribution is 9.10. The van der Waals surface area contributed by atoms with Crippen LogP contribution in [0, 0.1) is 5.82 Å². The number of anilines is 1. The third-order valence-corrected chi connectivity index (χ3v) is 2.81. The van der Waals surface area contributed by atoms with Gasteiger partial charge in [-0.1, -0.05) is 6.07 Å². The molecule has 4 nitrogen and oxygen atoms in total. The summed E-state index contributed by atoms with van der Waals surface area (Å²) < 4.78 is 19.1. The second kappa shape index (κ2) is 5.79. The molecule has 2 aromatic rings. The smallest absolute Gasteiger partial charge is 0.274 e. The molecule has 98 valence electrons. The fourth-order valence-corrected chi connectivity index (χ4v) is 1.79. The minimum Gasteiger partial charge on any atom is -0.497 e. The number of carbonyl (C=O) groups excluding carboxylic acids is 1. The molecule has 1 aromatic carbocycles. The average molecular weight is 325 g/mol. The van der Waals surface area contributed by atoms with E-state index in [1.54, 1.807) is 12.1 Å². The Balaban J connectivity index is 2.23. The van der Waals surface area contributed by atoms with Crippen molar-refractivity contribution in [3.63, 3.8) is 0 Å². The van der Waals surface area contributed by atoms with Crippen LogP contribution in [0.25, 0.3) is 0 Å². The predicted molar refractivity (Wildman–Crippen MR) is 72.8 cm³/mol. The van der Waals surface area contributed by atoms with Crippen LogP contribution in [0.1, 0.15) is 10.5 Å².